The highest BCUT2D eigenvalue weighted by molar-refractivity contribution is 8.13. The van der Waals surface area contributed by atoms with E-state index in [1.165, 1.54) is 5.04 Å². The highest BCUT2D eigenvalue weighted by Crippen LogP contribution is 2.41. The van der Waals surface area contributed by atoms with Crippen molar-refractivity contribution >= 4 is 28.7 Å². The molecular weight excluding hydrogens is 268 g/mol. The third-order valence-corrected chi connectivity index (χ3v) is 5.18. The van der Waals surface area contributed by atoms with Gasteiger partial charge in [-0.3, -0.25) is 9.79 Å². The van der Waals surface area contributed by atoms with E-state index in [9.17, 15) is 4.79 Å². The number of hydrogen-bond donors (Lipinski definition) is 1. The number of aldehydes is 1. The quantitative estimate of drug-likeness (QED) is 0.822. The molecule has 1 aliphatic rings. The molecule has 4 heteroatoms. The van der Waals surface area contributed by atoms with Gasteiger partial charge in [-0.2, -0.15) is 0 Å². The van der Waals surface area contributed by atoms with E-state index in [1.54, 1.807) is 11.8 Å². The number of rotatable bonds is 2. The third kappa shape index (κ3) is 2.37. The largest absolute Gasteiger partial charge is 0.352 e. The molecule has 1 aliphatic heterocycles. The molecule has 0 fully saturated rings. The van der Waals surface area contributed by atoms with E-state index >= 15 is 0 Å². The normalized spacial score (nSPS) is 20.0. The SMILES string of the molecule is CSC1=N/C(=C(\C)c2[nH]c(C=O)c(C)c2C)CC1(C)C. The number of carbonyl (C=O) groups is 1. The van der Waals surface area contributed by atoms with Crippen LogP contribution in [0.15, 0.2) is 10.7 Å². The van der Waals surface area contributed by atoms with Gasteiger partial charge in [0.15, 0.2) is 6.29 Å². The minimum atomic E-state index is 0.110. The summed E-state index contributed by atoms with van der Waals surface area (Å²) in [5.41, 5.74) is 6.27. The summed E-state index contributed by atoms with van der Waals surface area (Å²) in [7, 11) is 0. The maximum absolute atomic E-state index is 11.1. The molecule has 0 saturated heterocycles. The number of carbonyl (C=O) groups excluding carboxylic acids is 1. The molecule has 0 unspecified atom stereocenters. The van der Waals surface area contributed by atoms with E-state index in [1.807, 2.05) is 6.92 Å². The fourth-order valence-corrected chi connectivity index (χ4v) is 3.52. The first kappa shape index (κ1) is 15.1. The van der Waals surface area contributed by atoms with Gasteiger partial charge < -0.3 is 4.98 Å². The van der Waals surface area contributed by atoms with Crippen molar-refractivity contribution in [2.45, 2.75) is 41.0 Å². The summed E-state index contributed by atoms with van der Waals surface area (Å²) in [6, 6.07) is 0. The number of nitrogens with zero attached hydrogens (tertiary/aromatic N) is 1. The van der Waals surface area contributed by atoms with Crippen LogP contribution >= 0.6 is 11.8 Å². The molecule has 0 atom stereocenters. The lowest BCUT2D eigenvalue weighted by Crippen LogP contribution is -2.15. The Bertz CT molecular complexity index is 621. The second-order valence-electron chi connectivity index (χ2n) is 6.03. The van der Waals surface area contributed by atoms with Crippen LogP contribution in [0.1, 0.15) is 54.5 Å². The number of thioether (sulfide) groups is 1. The molecule has 2 heterocycles. The summed E-state index contributed by atoms with van der Waals surface area (Å²) in [6.07, 6.45) is 3.91. The monoisotopic (exact) mass is 290 g/mol. The van der Waals surface area contributed by atoms with E-state index in [0.717, 1.165) is 40.8 Å². The summed E-state index contributed by atoms with van der Waals surface area (Å²) in [5.74, 6) is 0. The Kier molecular flexibility index (Phi) is 3.96. The van der Waals surface area contributed by atoms with Crippen LogP contribution in [0.3, 0.4) is 0 Å². The van der Waals surface area contributed by atoms with Gasteiger partial charge in [-0.05, 0) is 43.7 Å². The van der Waals surface area contributed by atoms with Crippen molar-refractivity contribution in [1.82, 2.24) is 4.98 Å². The van der Waals surface area contributed by atoms with Gasteiger partial charge in [0, 0.05) is 23.2 Å². The molecule has 0 saturated carbocycles. The first-order valence-corrected chi connectivity index (χ1v) is 8.02. The van der Waals surface area contributed by atoms with Crippen molar-refractivity contribution in [3.63, 3.8) is 0 Å². The molecular formula is C16H22N2OS. The van der Waals surface area contributed by atoms with Crippen molar-refractivity contribution in [2.24, 2.45) is 10.4 Å². The topological polar surface area (TPSA) is 45.2 Å². The van der Waals surface area contributed by atoms with Gasteiger partial charge in [-0.15, -0.1) is 11.8 Å². The zero-order valence-electron chi connectivity index (χ0n) is 13.0. The number of aromatic nitrogens is 1. The predicted molar refractivity (Wildman–Crippen MR) is 87.6 cm³/mol. The average molecular weight is 290 g/mol. The lowest BCUT2D eigenvalue weighted by molar-refractivity contribution is 0.111. The number of hydrogen-bond acceptors (Lipinski definition) is 3. The Morgan fingerprint density at radius 2 is 2.00 bits per heavy atom. The Balaban J connectivity index is 2.52. The minimum Gasteiger partial charge on any atom is -0.352 e. The number of aliphatic imine (C=N–C) groups is 1. The third-order valence-electron chi connectivity index (χ3n) is 4.15. The van der Waals surface area contributed by atoms with Gasteiger partial charge in [-0.25, -0.2) is 0 Å². The first-order valence-electron chi connectivity index (χ1n) is 6.79. The molecule has 0 spiro atoms. The molecule has 0 aliphatic carbocycles. The fraction of sp³-hybridized carbons (Fsp3) is 0.500. The van der Waals surface area contributed by atoms with Crippen LogP contribution in [0.5, 0.6) is 0 Å². The number of aromatic amines is 1. The van der Waals surface area contributed by atoms with E-state index in [2.05, 4.69) is 38.9 Å². The standard InChI is InChI=1S/C16H22N2OS/c1-9-10(2)14(17-13(9)8-19)11(3)12-7-16(4,5)15(18-12)20-6/h8,17H,7H2,1-6H3/b12-11+. The van der Waals surface area contributed by atoms with Crippen LogP contribution in [0.25, 0.3) is 5.57 Å². The Morgan fingerprint density at radius 3 is 2.45 bits per heavy atom. The van der Waals surface area contributed by atoms with Crippen LogP contribution in [0.4, 0.5) is 0 Å². The fourth-order valence-electron chi connectivity index (χ4n) is 2.69. The highest BCUT2D eigenvalue weighted by Gasteiger charge is 2.33. The zero-order chi connectivity index (χ0) is 15.1. The summed E-state index contributed by atoms with van der Waals surface area (Å²) in [5, 5.41) is 1.18. The van der Waals surface area contributed by atoms with Crippen molar-refractivity contribution in [3.8, 4) is 0 Å². The number of allylic oxidation sites excluding steroid dienone is 2. The molecule has 3 nitrogen and oxygen atoms in total. The number of H-pyrrole nitrogens is 1. The van der Waals surface area contributed by atoms with Gasteiger partial charge in [0.25, 0.3) is 0 Å². The molecule has 20 heavy (non-hydrogen) atoms. The average Bonchev–Trinajstić information content (AvgIpc) is 2.87. The Morgan fingerprint density at radius 1 is 1.35 bits per heavy atom. The van der Waals surface area contributed by atoms with Crippen molar-refractivity contribution < 1.29 is 4.79 Å². The molecule has 1 N–H and O–H groups in total. The van der Waals surface area contributed by atoms with Gasteiger partial charge in [0.2, 0.25) is 0 Å². The van der Waals surface area contributed by atoms with Gasteiger partial charge >= 0.3 is 0 Å². The molecule has 1 aromatic rings. The van der Waals surface area contributed by atoms with Crippen molar-refractivity contribution in [2.75, 3.05) is 6.26 Å². The van der Waals surface area contributed by atoms with Crippen LogP contribution in [-0.4, -0.2) is 22.6 Å². The first-order chi connectivity index (χ1) is 9.31. The summed E-state index contributed by atoms with van der Waals surface area (Å²) in [6.45, 7) is 10.6. The molecule has 0 aromatic carbocycles. The predicted octanol–water partition coefficient (Wildman–Crippen LogP) is 4.37. The lowest BCUT2D eigenvalue weighted by atomic mass is 9.90. The molecule has 2 rings (SSSR count). The molecule has 0 radical (unpaired) electrons. The Hall–Kier alpha value is -1.29. The summed E-state index contributed by atoms with van der Waals surface area (Å²) < 4.78 is 0. The smallest absolute Gasteiger partial charge is 0.166 e. The van der Waals surface area contributed by atoms with Crippen molar-refractivity contribution in [3.05, 3.63) is 28.2 Å². The van der Waals surface area contributed by atoms with E-state index in [4.69, 9.17) is 4.99 Å². The Labute approximate surface area is 125 Å². The van der Waals surface area contributed by atoms with E-state index in [-0.39, 0.29) is 5.41 Å². The van der Waals surface area contributed by atoms with E-state index < -0.39 is 0 Å². The molecule has 0 bridgehead atoms. The second-order valence-corrected chi connectivity index (χ2v) is 6.83. The van der Waals surface area contributed by atoms with Crippen LogP contribution < -0.4 is 0 Å². The lowest BCUT2D eigenvalue weighted by Gasteiger charge is -2.17. The zero-order valence-corrected chi connectivity index (χ0v) is 13.9. The van der Waals surface area contributed by atoms with E-state index in [0.29, 0.717) is 5.69 Å². The number of nitrogens with one attached hydrogen (secondary N) is 1. The maximum atomic E-state index is 11.1. The molecule has 1 aromatic heterocycles. The van der Waals surface area contributed by atoms with Gasteiger partial charge in [-0.1, -0.05) is 13.8 Å². The summed E-state index contributed by atoms with van der Waals surface area (Å²) in [4.78, 5) is 19.1. The van der Waals surface area contributed by atoms with Crippen LogP contribution in [-0.2, 0) is 0 Å². The van der Waals surface area contributed by atoms with Gasteiger partial charge in [0.1, 0.15) is 0 Å². The van der Waals surface area contributed by atoms with Gasteiger partial charge in [0.05, 0.1) is 10.7 Å². The minimum absolute atomic E-state index is 0.110. The second kappa shape index (κ2) is 5.24. The highest BCUT2D eigenvalue weighted by atomic mass is 32.2. The van der Waals surface area contributed by atoms with Crippen LogP contribution in [0.2, 0.25) is 0 Å². The summed E-state index contributed by atoms with van der Waals surface area (Å²) >= 11 is 1.72. The maximum Gasteiger partial charge on any atom is 0.166 e. The van der Waals surface area contributed by atoms with Crippen LogP contribution in [0, 0.1) is 19.3 Å². The molecule has 108 valence electrons. The van der Waals surface area contributed by atoms with Crippen molar-refractivity contribution in [1.29, 1.82) is 0 Å². The molecule has 0 amide bonds.